The van der Waals surface area contributed by atoms with E-state index in [2.05, 4.69) is 26.6 Å². The maximum Gasteiger partial charge on any atom is 0.326 e. The van der Waals surface area contributed by atoms with Gasteiger partial charge >= 0.3 is 11.9 Å². The van der Waals surface area contributed by atoms with Crippen molar-refractivity contribution in [3.05, 3.63) is 0 Å². The van der Waals surface area contributed by atoms with E-state index < -0.39 is 47.7 Å². The maximum atomic E-state index is 12.1. The van der Waals surface area contributed by atoms with Crippen LogP contribution in [-0.2, 0) is 38.4 Å². The fourth-order valence-corrected chi connectivity index (χ4v) is 3.16. The molecule has 0 aromatic carbocycles. The van der Waals surface area contributed by atoms with Crippen molar-refractivity contribution in [2.45, 2.75) is 84.2 Å². The minimum Gasteiger partial charge on any atom is -0.480 e. The molecule has 15 nitrogen and oxygen atoms in total. The van der Waals surface area contributed by atoms with Gasteiger partial charge in [0.05, 0.1) is 6.54 Å². The Labute approximate surface area is 232 Å². The van der Waals surface area contributed by atoms with E-state index in [9.17, 15) is 48.6 Å². The summed E-state index contributed by atoms with van der Waals surface area (Å²) in [6.45, 7) is 4.91. The molecule has 0 aliphatic rings. The zero-order chi connectivity index (χ0) is 30.7. The number of carboxylic acids is 2. The lowest BCUT2D eigenvalue weighted by Crippen LogP contribution is -2.42. The summed E-state index contributed by atoms with van der Waals surface area (Å²) in [4.78, 5) is 93.0. The Balaban J connectivity index is 4.31. The summed E-state index contributed by atoms with van der Waals surface area (Å²) in [6, 6.07) is -2.57. The number of nitrogens with one attached hydrogen (secondary N) is 5. The van der Waals surface area contributed by atoms with E-state index >= 15 is 0 Å². The van der Waals surface area contributed by atoms with Gasteiger partial charge < -0.3 is 36.8 Å². The van der Waals surface area contributed by atoms with E-state index in [4.69, 9.17) is 0 Å². The van der Waals surface area contributed by atoms with Gasteiger partial charge in [-0.2, -0.15) is 0 Å². The number of Topliss-reactive ketones (excluding diaryl/α,β-unsaturated/α-hetero) is 1. The smallest absolute Gasteiger partial charge is 0.326 e. The second-order valence-electron chi connectivity index (χ2n) is 9.43. The predicted octanol–water partition coefficient (Wildman–Crippen LogP) is -1.16. The van der Waals surface area contributed by atoms with Crippen LogP contribution in [0.4, 0.5) is 0 Å². The van der Waals surface area contributed by atoms with Gasteiger partial charge in [0, 0.05) is 51.6 Å². The molecule has 5 amide bonds. The number of ketones is 1. The summed E-state index contributed by atoms with van der Waals surface area (Å²) in [6.07, 6.45) is -0.313. The Morgan fingerprint density at radius 2 is 1.02 bits per heavy atom. The molecule has 15 heteroatoms. The van der Waals surface area contributed by atoms with Crippen LogP contribution in [0, 0.1) is 5.92 Å². The zero-order valence-electron chi connectivity index (χ0n) is 23.2. The van der Waals surface area contributed by atoms with Gasteiger partial charge in [0.2, 0.25) is 29.5 Å². The third kappa shape index (κ3) is 18.3. The molecule has 0 saturated carbocycles. The normalized spacial score (nSPS) is 12.0. The number of carbonyl (C=O) groups excluding carboxylic acids is 6. The van der Waals surface area contributed by atoms with Gasteiger partial charge in [-0.25, -0.2) is 9.59 Å². The van der Waals surface area contributed by atoms with E-state index in [-0.39, 0.29) is 82.2 Å². The molecule has 0 radical (unpaired) electrons. The van der Waals surface area contributed by atoms with E-state index in [1.165, 1.54) is 6.92 Å². The summed E-state index contributed by atoms with van der Waals surface area (Å²) >= 11 is 0. The molecule has 0 heterocycles. The number of carbonyl (C=O) groups is 8. The molecule has 2 atom stereocenters. The number of amides is 5. The van der Waals surface area contributed by atoms with Crippen LogP contribution in [0.2, 0.25) is 0 Å². The molecule has 0 saturated heterocycles. The number of carboxylic acid groups (broad SMARTS) is 2. The lowest BCUT2D eigenvalue weighted by molar-refractivity contribution is -0.142. The molecule has 0 fully saturated rings. The highest BCUT2D eigenvalue weighted by Gasteiger charge is 2.22. The van der Waals surface area contributed by atoms with Crippen LogP contribution in [0.15, 0.2) is 0 Å². The number of aliphatic carboxylic acids is 2. The summed E-state index contributed by atoms with van der Waals surface area (Å²) < 4.78 is 0. The van der Waals surface area contributed by atoms with E-state index in [0.29, 0.717) is 6.42 Å². The van der Waals surface area contributed by atoms with Crippen molar-refractivity contribution in [3.63, 3.8) is 0 Å². The summed E-state index contributed by atoms with van der Waals surface area (Å²) in [5.74, 6) is -5.38. The van der Waals surface area contributed by atoms with Crippen molar-refractivity contribution < 1.29 is 48.6 Å². The SMILES string of the molecule is CC(=O)NCCCC(=O)NC(CCC(=O)NCCCC(=O)NC(CCC(=O)NCC(=O)C(C)C)C(=O)O)C(=O)O. The van der Waals surface area contributed by atoms with Crippen molar-refractivity contribution in [1.82, 2.24) is 26.6 Å². The van der Waals surface area contributed by atoms with Crippen LogP contribution < -0.4 is 26.6 Å². The first-order chi connectivity index (χ1) is 18.7. The molecular formula is C25H41N5O10. The van der Waals surface area contributed by atoms with Crippen molar-refractivity contribution in [2.24, 2.45) is 5.92 Å². The second kappa shape index (κ2) is 19.9. The highest BCUT2D eigenvalue weighted by Crippen LogP contribution is 2.02. The van der Waals surface area contributed by atoms with Gasteiger partial charge in [0.15, 0.2) is 5.78 Å². The first-order valence-corrected chi connectivity index (χ1v) is 13.1. The molecule has 2 unspecified atom stereocenters. The lowest BCUT2D eigenvalue weighted by atomic mass is 10.1. The zero-order valence-corrected chi connectivity index (χ0v) is 23.2. The molecule has 7 N–H and O–H groups in total. The van der Waals surface area contributed by atoms with Gasteiger partial charge in [-0.1, -0.05) is 13.8 Å². The average Bonchev–Trinajstić information content (AvgIpc) is 2.87. The largest absolute Gasteiger partial charge is 0.480 e. The first kappa shape index (κ1) is 36.0. The van der Waals surface area contributed by atoms with Crippen molar-refractivity contribution >= 4 is 47.3 Å². The van der Waals surface area contributed by atoms with Gasteiger partial charge in [-0.15, -0.1) is 0 Å². The summed E-state index contributed by atoms with van der Waals surface area (Å²) in [7, 11) is 0. The standard InChI is InChI=1S/C25H41N5O10/c1-15(2)19(32)14-28-21(34)11-9-18(25(39)40)30-23(36)7-5-13-27-20(33)10-8-17(24(37)38)29-22(35)6-4-12-26-16(3)31/h15,17-18H,4-14H2,1-3H3,(H,26,31)(H,27,33)(H,28,34)(H,29,35)(H,30,36)(H,37,38)(H,39,40). The lowest BCUT2D eigenvalue weighted by Gasteiger charge is -2.15. The summed E-state index contributed by atoms with van der Waals surface area (Å²) in [5, 5.41) is 30.7. The Kier molecular flexibility index (Phi) is 17.9. The van der Waals surface area contributed by atoms with E-state index in [1.54, 1.807) is 13.8 Å². The minimum absolute atomic E-state index is 0.00750. The molecule has 40 heavy (non-hydrogen) atoms. The third-order valence-electron chi connectivity index (χ3n) is 5.55. The topological polar surface area (TPSA) is 237 Å². The van der Waals surface area contributed by atoms with Crippen molar-refractivity contribution in [1.29, 1.82) is 0 Å². The third-order valence-corrected chi connectivity index (χ3v) is 5.55. The monoisotopic (exact) mass is 571 g/mol. The van der Waals surface area contributed by atoms with Crippen LogP contribution in [-0.4, -0.2) is 89.2 Å². The fraction of sp³-hybridized carbons (Fsp3) is 0.680. The Bertz CT molecular complexity index is 922. The maximum absolute atomic E-state index is 12.1. The van der Waals surface area contributed by atoms with Gasteiger partial charge in [0.25, 0.3) is 0 Å². The second-order valence-corrected chi connectivity index (χ2v) is 9.43. The van der Waals surface area contributed by atoms with Crippen LogP contribution in [0.3, 0.4) is 0 Å². The molecule has 0 aromatic rings. The quantitative estimate of drug-likeness (QED) is 0.0816. The van der Waals surface area contributed by atoms with Crippen LogP contribution in [0.5, 0.6) is 0 Å². The van der Waals surface area contributed by atoms with Crippen molar-refractivity contribution in [2.75, 3.05) is 19.6 Å². The molecule has 226 valence electrons. The average molecular weight is 572 g/mol. The Hall–Kier alpha value is -4.04. The van der Waals surface area contributed by atoms with Crippen LogP contribution >= 0.6 is 0 Å². The van der Waals surface area contributed by atoms with Gasteiger partial charge in [-0.3, -0.25) is 28.8 Å². The van der Waals surface area contributed by atoms with E-state index in [1.807, 2.05) is 0 Å². The molecule has 0 spiro atoms. The molecule has 0 bridgehead atoms. The molecular weight excluding hydrogens is 530 g/mol. The molecule has 0 aliphatic carbocycles. The van der Waals surface area contributed by atoms with Gasteiger partial charge in [0.1, 0.15) is 12.1 Å². The highest BCUT2D eigenvalue weighted by atomic mass is 16.4. The summed E-state index contributed by atoms with van der Waals surface area (Å²) in [5.41, 5.74) is 0. The van der Waals surface area contributed by atoms with Crippen molar-refractivity contribution in [3.8, 4) is 0 Å². The van der Waals surface area contributed by atoms with E-state index in [0.717, 1.165) is 0 Å². The Morgan fingerprint density at radius 3 is 1.43 bits per heavy atom. The fourth-order valence-electron chi connectivity index (χ4n) is 3.16. The molecule has 0 rings (SSSR count). The van der Waals surface area contributed by atoms with Crippen LogP contribution in [0.1, 0.15) is 72.1 Å². The minimum atomic E-state index is -1.32. The number of rotatable bonds is 21. The predicted molar refractivity (Wildman–Crippen MR) is 141 cm³/mol. The van der Waals surface area contributed by atoms with Gasteiger partial charge in [-0.05, 0) is 25.7 Å². The molecule has 0 aromatic heterocycles. The number of hydrogen-bond acceptors (Lipinski definition) is 8. The number of hydrogen-bond donors (Lipinski definition) is 7. The molecule has 0 aliphatic heterocycles. The highest BCUT2D eigenvalue weighted by molar-refractivity contribution is 5.88. The first-order valence-electron chi connectivity index (χ1n) is 13.1. The van der Waals surface area contributed by atoms with Crippen LogP contribution in [0.25, 0.3) is 0 Å². The Morgan fingerprint density at radius 1 is 0.600 bits per heavy atom.